The maximum absolute atomic E-state index is 15.1. The maximum atomic E-state index is 15.1. The lowest BCUT2D eigenvalue weighted by atomic mass is 9.72. The summed E-state index contributed by atoms with van der Waals surface area (Å²) in [5.74, 6) is -9.42. The zero-order valence-electron chi connectivity index (χ0n) is 41.7. The van der Waals surface area contributed by atoms with Crippen LogP contribution < -0.4 is 0 Å². The minimum absolute atomic E-state index is 0.0187. The zero-order valence-corrected chi connectivity index (χ0v) is 41.7. The Hall–Kier alpha value is -8.80. The van der Waals surface area contributed by atoms with Crippen LogP contribution in [0.15, 0.2) is 66.7 Å². The highest BCUT2D eigenvalue weighted by atomic mass is 16.2. The van der Waals surface area contributed by atoms with E-state index in [0.29, 0.717) is 38.5 Å². The number of imide groups is 6. The molecule has 0 aromatic heterocycles. The summed E-state index contributed by atoms with van der Waals surface area (Å²) < 4.78 is 0. The lowest BCUT2D eigenvalue weighted by Crippen LogP contribution is -2.63. The molecular formula is C60H44N6O12. The van der Waals surface area contributed by atoms with Gasteiger partial charge in [-0.3, -0.25) is 86.9 Å². The number of rotatable bonds is 0. The second kappa shape index (κ2) is 15.4. The van der Waals surface area contributed by atoms with Crippen LogP contribution in [0.4, 0.5) is 0 Å². The van der Waals surface area contributed by atoms with E-state index in [9.17, 15) is 0 Å². The first-order valence-corrected chi connectivity index (χ1v) is 27.1. The third-order valence-electron chi connectivity index (χ3n) is 19.3. The van der Waals surface area contributed by atoms with Gasteiger partial charge < -0.3 is 0 Å². The SMILES string of the molecule is O=C1C2=CCC3C(=O)N4C(=O)c5ccc(c2c53)C(=O)N1C1CCCC[C@H]1N1C(=O)c2ccc3c5c(ccc(c25)C1=O)C(=O)N(C3=O)C1CCCC[C@H]1N1C(=O)c2ccc3c5c(ccc(c25)C1=O)C(=O)N(C3=O)[C@@H]1CCCC[C@H]14. The van der Waals surface area contributed by atoms with Gasteiger partial charge >= 0.3 is 0 Å². The molecule has 18 nitrogen and oxygen atoms in total. The van der Waals surface area contributed by atoms with E-state index in [-0.39, 0.29) is 139 Å². The molecule has 24 bridgehead atoms. The van der Waals surface area contributed by atoms with Crippen molar-refractivity contribution >= 4 is 98.0 Å². The summed E-state index contributed by atoms with van der Waals surface area (Å²) in [6.07, 6.45) is 6.47. The van der Waals surface area contributed by atoms with E-state index in [2.05, 4.69) is 0 Å². The first-order valence-electron chi connectivity index (χ1n) is 27.1. The number of amides is 12. The third kappa shape index (κ3) is 5.37. The van der Waals surface area contributed by atoms with Crippen molar-refractivity contribution < 1.29 is 57.5 Å². The fraction of sp³-hybridized carbons (Fsp3) is 0.333. The van der Waals surface area contributed by atoms with Crippen LogP contribution in [0.1, 0.15) is 204 Å². The summed E-state index contributed by atoms with van der Waals surface area (Å²) in [4.78, 5) is 188. The highest BCUT2D eigenvalue weighted by molar-refractivity contribution is 6.36. The van der Waals surface area contributed by atoms with Gasteiger partial charge in [-0.25, -0.2) is 0 Å². The summed E-state index contributed by atoms with van der Waals surface area (Å²) in [6, 6.07) is 8.69. The molecule has 78 heavy (non-hydrogen) atoms. The molecule has 3 fully saturated rings. The Kier molecular flexibility index (Phi) is 8.99. The van der Waals surface area contributed by atoms with Crippen molar-refractivity contribution in [1.29, 1.82) is 0 Å². The van der Waals surface area contributed by atoms with E-state index in [1.807, 2.05) is 0 Å². The molecule has 7 atom stereocenters. The van der Waals surface area contributed by atoms with Crippen LogP contribution in [-0.2, 0) is 9.59 Å². The molecule has 27 aliphatic rings. The molecule has 32 rings (SSSR count). The standard InChI is InChI=1S/C60H44N6O12/c67-49-25-13-15-29-45-30-16-14-26(43(25)45)50(68)61(49)37-7-1-2-8-38(37)62-51(69)27-17-19-31-46-32(20-18-28(44(27)46)52(62)70)56(74)64(55(31)73)41-11-5-6-12-42(41)66-59(77)35-23-21-33-47-34(22-24-36(48(35)47)60(66)78)58(76)65(57(33)75)40-10-4-3-9-39(40)63(53(29)71)54(30)72/h13-23,36-42H,1-12,24H2/t36?,37?,38-,39-,40?,41-,42-/m1/s1. The van der Waals surface area contributed by atoms with Gasteiger partial charge in [0.15, 0.2) is 0 Å². The molecule has 0 spiro atoms. The second-order valence-corrected chi connectivity index (χ2v) is 22.7. The fourth-order valence-electron chi connectivity index (χ4n) is 16.0. The molecule has 18 heteroatoms. The summed E-state index contributed by atoms with van der Waals surface area (Å²) >= 11 is 0. The molecule has 5 aromatic rings. The molecule has 386 valence electrons. The average molecular weight is 1040 g/mol. The third-order valence-corrected chi connectivity index (χ3v) is 19.3. The lowest BCUT2D eigenvalue weighted by Gasteiger charge is -2.48. The van der Waals surface area contributed by atoms with Crippen molar-refractivity contribution in [1.82, 2.24) is 29.4 Å². The smallest absolute Gasteiger partial charge is 0.261 e. The molecule has 0 saturated heterocycles. The molecule has 23 aliphatic heterocycles. The Morgan fingerprint density at radius 3 is 0.846 bits per heavy atom. The van der Waals surface area contributed by atoms with E-state index in [1.165, 1.54) is 65.6 Å². The molecule has 12 amide bonds. The predicted molar refractivity (Wildman–Crippen MR) is 272 cm³/mol. The Balaban J connectivity index is 0.890. The maximum Gasteiger partial charge on any atom is 0.261 e. The van der Waals surface area contributed by atoms with Gasteiger partial charge in [-0.15, -0.1) is 0 Å². The number of nitrogens with zero attached hydrogens (tertiary/aromatic N) is 6. The molecule has 3 saturated carbocycles. The first kappa shape index (κ1) is 45.4. The Morgan fingerprint density at radius 1 is 0.282 bits per heavy atom. The van der Waals surface area contributed by atoms with Crippen molar-refractivity contribution in [3.05, 3.63) is 134 Å². The highest BCUT2D eigenvalue weighted by Crippen LogP contribution is 2.50. The van der Waals surface area contributed by atoms with E-state index in [1.54, 1.807) is 6.08 Å². The number of hydrogen-bond donors (Lipinski definition) is 0. The Morgan fingerprint density at radius 2 is 0.526 bits per heavy atom. The van der Waals surface area contributed by atoms with E-state index >= 15 is 57.5 Å². The minimum atomic E-state index is -1.00. The number of carbonyl (C=O) groups is 12. The molecule has 5 aromatic carbocycles. The monoisotopic (exact) mass is 1040 g/mol. The molecular weight excluding hydrogens is 997 g/mol. The van der Waals surface area contributed by atoms with Crippen LogP contribution >= 0.6 is 0 Å². The first-order chi connectivity index (χ1) is 37.8. The van der Waals surface area contributed by atoms with Crippen molar-refractivity contribution in [3.63, 3.8) is 0 Å². The number of allylic oxidation sites excluding steroid dienone is 1. The number of hydrogen-bond acceptors (Lipinski definition) is 12. The van der Waals surface area contributed by atoms with Crippen molar-refractivity contribution in [2.24, 2.45) is 0 Å². The van der Waals surface area contributed by atoms with Gasteiger partial charge in [0.1, 0.15) is 0 Å². The predicted octanol–water partition coefficient (Wildman–Crippen LogP) is 6.56. The molecule has 0 N–H and O–H groups in total. The van der Waals surface area contributed by atoms with Crippen LogP contribution in [0.3, 0.4) is 0 Å². The molecule has 3 unspecified atom stereocenters. The van der Waals surface area contributed by atoms with Crippen LogP contribution in [-0.4, -0.2) is 137 Å². The summed E-state index contributed by atoms with van der Waals surface area (Å²) in [6.45, 7) is 0. The minimum Gasteiger partial charge on any atom is -0.274 e. The Labute approximate surface area is 442 Å². The van der Waals surface area contributed by atoms with Gasteiger partial charge in [0, 0.05) is 88.3 Å². The van der Waals surface area contributed by atoms with Crippen molar-refractivity contribution in [2.45, 2.75) is 126 Å². The summed E-state index contributed by atoms with van der Waals surface area (Å²) in [5.41, 5.74) is 1.16. The fourth-order valence-corrected chi connectivity index (χ4v) is 16.0. The summed E-state index contributed by atoms with van der Waals surface area (Å²) in [7, 11) is 0. The van der Waals surface area contributed by atoms with Gasteiger partial charge in [0.25, 0.3) is 65.0 Å². The molecule has 0 radical (unpaired) electrons. The van der Waals surface area contributed by atoms with Crippen LogP contribution in [0, 0.1) is 0 Å². The van der Waals surface area contributed by atoms with Crippen LogP contribution in [0.5, 0.6) is 0 Å². The highest BCUT2D eigenvalue weighted by Gasteiger charge is 2.56. The van der Waals surface area contributed by atoms with E-state index < -0.39 is 113 Å². The van der Waals surface area contributed by atoms with E-state index in [0.717, 1.165) is 24.5 Å². The second-order valence-electron chi connectivity index (χ2n) is 22.7. The zero-order chi connectivity index (χ0) is 53.2. The van der Waals surface area contributed by atoms with Gasteiger partial charge in [0.05, 0.1) is 42.2 Å². The van der Waals surface area contributed by atoms with Gasteiger partial charge in [-0.1, -0.05) is 44.6 Å². The van der Waals surface area contributed by atoms with Crippen molar-refractivity contribution in [3.8, 4) is 0 Å². The molecule has 4 aliphatic carbocycles. The van der Waals surface area contributed by atoms with E-state index in [4.69, 9.17) is 0 Å². The molecule has 23 heterocycles. The number of benzene rings is 5. The quantitative estimate of drug-likeness (QED) is 0.150. The topological polar surface area (TPSA) is 224 Å². The average Bonchev–Trinajstić information content (AvgIpc) is 3.53. The van der Waals surface area contributed by atoms with Gasteiger partial charge in [0.2, 0.25) is 5.91 Å². The largest absolute Gasteiger partial charge is 0.274 e. The van der Waals surface area contributed by atoms with Crippen LogP contribution in [0.2, 0.25) is 0 Å². The normalized spacial score (nSPS) is 27.7. The number of carbonyl (C=O) groups excluding carboxylic acids is 12. The van der Waals surface area contributed by atoms with Gasteiger partial charge in [-0.2, -0.15) is 0 Å². The Bertz CT molecular complexity index is 3860. The summed E-state index contributed by atoms with van der Waals surface area (Å²) in [5, 5.41) is 0.485. The van der Waals surface area contributed by atoms with Crippen molar-refractivity contribution in [2.75, 3.05) is 0 Å². The van der Waals surface area contributed by atoms with Crippen LogP contribution in [0.25, 0.3) is 27.1 Å². The van der Waals surface area contributed by atoms with Gasteiger partial charge in [-0.05, 0) is 111 Å². The lowest BCUT2D eigenvalue weighted by molar-refractivity contribution is -0.134.